The van der Waals surface area contributed by atoms with Crippen molar-refractivity contribution in [2.24, 2.45) is 7.05 Å². The third-order valence-electron chi connectivity index (χ3n) is 4.72. The Hall–Kier alpha value is -1.28. The van der Waals surface area contributed by atoms with Gasteiger partial charge in [-0.1, -0.05) is 40.7 Å². The van der Waals surface area contributed by atoms with Gasteiger partial charge in [0, 0.05) is 42.1 Å². The van der Waals surface area contributed by atoms with Crippen LogP contribution < -0.4 is 5.32 Å². The highest BCUT2D eigenvalue weighted by molar-refractivity contribution is 5.88. The largest absolute Gasteiger partial charge is 0.346 e. The molecule has 1 aromatic heterocycles. The van der Waals surface area contributed by atoms with Crippen LogP contribution in [0.1, 0.15) is 51.4 Å². The van der Waals surface area contributed by atoms with Gasteiger partial charge in [0.1, 0.15) is 0 Å². The number of hydrogen-bond donors (Lipinski definition) is 1. The molecule has 0 amide bonds. The summed E-state index contributed by atoms with van der Waals surface area (Å²) < 4.78 is 2.37. The van der Waals surface area contributed by atoms with Gasteiger partial charge < -0.3 is 9.88 Å². The molecule has 0 spiro atoms. The molecule has 0 unspecified atom stereocenters. The Balaban J connectivity index is 2.35. The fourth-order valence-electron chi connectivity index (χ4n) is 3.51. The van der Waals surface area contributed by atoms with Crippen LogP contribution in [0.4, 0.5) is 0 Å². The SMILES string of the molecule is Cn1c2c(c3cc(C(C)(C)C)ccc31)C(C)(C)CNC2. The van der Waals surface area contributed by atoms with Crippen LogP contribution >= 0.6 is 0 Å². The molecule has 2 nitrogen and oxygen atoms in total. The van der Waals surface area contributed by atoms with E-state index in [0.29, 0.717) is 0 Å². The normalized spacial score (nSPS) is 18.3. The summed E-state index contributed by atoms with van der Waals surface area (Å²) in [5.74, 6) is 0. The van der Waals surface area contributed by atoms with Gasteiger partial charge in [-0.3, -0.25) is 0 Å². The number of nitrogens with one attached hydrogen (secondary N) is 1. The molecular formula is C18H26N2. The van der Waals surface area contributed by atoms with Gasteiger partial charge in [0.15, 0.2) is 0 Å². The van der Waals surface area contributed by atoms with E-state index in [1.54, 1.807) is 5.56 Å². The molecule has 1 aromatic carbocycles. The first-order valence-corrected chi connectivity index (χ1v) is 7.55. The zero-order valence-corrected chi connectivity index (χ0v) is 13.6. The fraction of sp³-hybridized carbons (Fsp3) is 0.556. The Kier molecular flexibility index (Phi) is 2.81. The lowest BCUT2D eigenvalue weighted by Crippen LogP contribution is -2.38. The molecule has 0 fully saturated rings. The van der Waals surface area contributed by atoms with E-state index >= 15 is 0 Å². The van der Waals surface area contributed by atoms with E-state index in [1.807, 2.05) is 0 Å². The van der Waals surface area contributed by atoms with E-state index in [1.165, 1.54) is 22.2 Å². The monoisotopic (exact) mass is 270 g/mol. The van der Waals surface area contributed by atoms with Crippen molar-refractivity contribution in [3.8, 4) is 0 Å². The molecule has 108 valence electrons. The van der Waals surface area contributed by atoms with Crippen molar-refractivity contribution < 1.29 is 0 Å². The molecule has 0 radical (unpaired) electrons. The van der Waals surface area contributed by atoms with Gasteiger partial charge in [0.05, 0.1) is 0 Å². The Morgan fingerprint density at radius 3 is 2.55 bits per heavy atom. The number of hydrogen-bond acceptors (Lipinski definition) is 1. The molecule has 0 atom stereocenters. The quantitative estimate of drug-likeness (QED) is 0.769. The number of fused-ring (bicyclic) bond motifs is 3. The van der Waals surface area contributed by atoms with Crippen LogP contribution in [0.5, 0.6) is 0 Å². The third-order valence-corrected chi connectivity index (χ3v) is 4.72. The van der Waals surface area contributed by atoms with Crippen LogP contribution in [0.25, 0.3) is 10.9 Å². The highest BCUT2D eigenvalue weighted by atomic mass is 15.0. The van der Waals surface area contributed by atoms with Crippen molar-refractivity contribution in [2.45, 2.75) is 52.0 Å². The van der Waals surface area contributed by atoms with Gasteiger partial charge >= 0.3 is 0 Å². The standard InChI is InChI=1S/C18H26N2/c1-17(2,3)12-7-8-14-13(9-12)16-15(20(14)6)10-19-11-18(16,4)5/h7-9,19H,10-11H2,1-6H3. The lowest BCUT2D eigenvalue weighted by molar-refractivity contribution is 0.429. The maximum absolute atomic E-state index is 3.56. The van der Waals surface area contributed by atoms with E-state index < -0.39 is 0 Å². The minimum atomic E-state index is 0.198. The molecule has 1 aliphatic rings. The second kappa shape index (κ2) is 4.11. The molecule has 2 aromatic rings. The Bertz CT molecular complexity index is 669. The fourth-order valence-corrected chi connectivity index (χ4v) is 3.51. The van der Waals surface area contributed by atoms with Crippen LogP contribution in [0, 0.1) is 0 Å². The minimum absolute atomic E-state index is 0.198. The summed E-state index contributed by atoms with van der Waals surface area (Å²) in [4.78, 5) is 0. The van der Waals surface area contributed by atoms with E-state index in [9.17, 15) is 0 Å². The van der Waals surface area contributed by atoms with E-state index in [0.717, 1.165) is 13.1 Å². The van der Waals surface area contributed by atoms with Crippen molar-refractivity contribution >= 4 is 10.9 Å². The van der Waals surface area contributed by atoms with Crippen LogP contribution in [-0.4, -0.2) is 11.1 Å². The highest BCUT2D eigenvalue weighted by Gasteiger charge is 2.32. The summed E-state index contributed by atoms with van der Waals surface area (Å²) in [6.45, 7) is 13.6. The zero-order chi connectivity index (χ0) is 14.7. The molecular weight excluding hydrogens is 244 g/mol. The summed E-state index contributed by atoms with van der Waals surface area (Å²) in [5.41, 5.74) is 6.17. The first-order chi connectivity index (χ1) is 9.22. The van der Waals surface area contributed by atoms with Crippen molar-refractivity contribution in [1.82, 2.24) is 9.88 Å². The van der Waals surface area contributed by atoms with Crippen LogP contribution in [0.3, 0.4) is 0 Å². The molecule has 1 N–H and O–H groups in total. The number of nitrogens with zero attached hydrogens (tertiary/aromatic N) is 1. The molecule has 2 heteroatoms. The second-order valence-electron chi connectivity index (χ2n) is 7.85. The molecule has 0 bridgehead atoms. The van der Waals surface area contributed by atoms with Gasteiger partial charge in [-0.25, -0.2) is 0 Å². The number of aryl methyl sites for hydroxylation is 1. The summed E-state index contributed by atoms with van der Waals surface area (Å²) in [5, 5.41) is 5.00. The first-order valence-electron chi connectivity index (χ1n) is 7.55. The molecule has 0 saturated carbocycles. The van der Waals surface area contributed by atoms with Gasteiger partial charge in [0.25, 0.3) is 0 Å². The summed E-state index contributed by atoms with van der Waals surface area (Å²) in [6.07, 6.45) is 0. The summed E-state index contributed by atoms with van der Waals surface area (Å²) >= 11 is 0. The van der Waals surface area contributed by atoms with Gasteiger partial charge in [-0.05, 0) is 28.7 Å². The average molecular weight is 270 g/mol. The predicted molar refractivity (Wildman–Crippen MR) is 86.4 cm³/mol. The van der Waals surface area contributed by atoms with Crippen molar-refractivity contribution in [2.75, 3.05) is 6.54 Å². The Morgan fingerprint density at radius 1 is 1.20 bits per heavy atom. The van der Waals surface area contributed by atoms with Crippen molar-refractivity contribution in [1.29, 1.82) is 0 Å². The van der Waals surface area contributed by atoms with E-state index in [2.05, 4.69) is 69.7 Å². The molecule has 0 aliphatic carbocycles. The summed E-state index contributed by atoms with van der Waals surface area (Å²) in [6, 6.07) is 7.00. The molecule has 3 rings (SSSR count). The number of aromatic nitrogens is 1. The zero-order valence-electron chi connectivity index (χ0n) is 13.6. The third kappa shape index (κ3) is 1.89. The lowest BCUT2D eigenvalue weighted by Gasteiger charge is -2.32. The lowest BCUT2D eigenvalue weighted by atomic mass is 9.79. The van der Waals surface area contributed by atoms with Gasteiger partial charge in [-0.15, -0.1) is 0 Å². The highest BCUT2D eigenvalue weighted by Crippen LogP contribution is 2.39. The van der Waals surface area contributed by atoms with Gasteiger partial charge in [0.2, 0.25) is 0 Å². The van der Waals surface area contributed by atoms with Gasteiger partial charge in [-0.2, -0.15) is 0 Å². The molecule has 1 aliphatic heterocycles. The smallest absolute Gasteiger partial charge is 0.0483 e. The second-order valence-corrected chi connectivity index (χ2v) is 7.85. The molecule has 2 heterocycles. The maximum Gasteiger partial charge on any atom is 0.0483 e. The molecule has 20 heavy (non-hydrogen) atoms. The Labute approximate surface area is 122 Å². The van der Waals surface area contributed by atoms with Crippen LogP contribution in [-0.2, 0) is 24.4 Å². The Morgan fingerprint density at radius 2 is 1.90 bits per heavy atom. The van der Waals surface area contributed by atoms with Crippen molar-refractivity contribution in [3.63, 3.8) is 0 Å². The van der Waals surface area contributed by atoms with Crippen LogP contribution in [0.15, 0.2) is 18.2 Å². The van der Waals surface area contributed by atoms with Crippen LogP contribution in [0.2, 0.25) is 0 Å². The predicted octanol–water partition coefficient (Wildman–Crippen LogP) is 3.86. The topological polar surface area (TPSA) is 17.0 Å². The first kappa shape index (κ1) is 13.7. The molecule has 0 saturated heterocycles. The minimum Gasteiger partial charge on any atom is -0.346 e. The summed E-state index contributed by atoms with van der Waals surface area (Å²) in [7, 11) is 2.20. The van der Waals surface area contributed by atoms with E-state index in [4.69, 9.17) is 0 Å². The number of rotatable bonds is 0. The average Bonchev–Trinajstić information content (AvgIpc) is 2.62. The maximum atomic E-state index is 3.56. The van der Waals surface area contributed by atoms with Crippen molar-refractivity contribution in [3.05, 3.63) is 35.0 Å². The van der Waals surface area contributed by atoms with E-state index in [-0.39, 0.29) is 10.8 Å². The number of benzene rings is 1.